The van der Waals surface area contributed by atoms with Crippen LogP contribution in [0.5, 0.6) is 5.88 Å². The Bertz CT molecular complexity index is 703. The standard InChI is InChI=1S/C17H23N3O2/c1-3-20(4-2)11-7-10-18-12-15-13-8-5-6-9-14(13)16(21)19-17(15)22/h5-6,8-9,12H,3-4,7,10-11H2,1-2H3,(H2,19,21,22). The SMILES string of the molecule is CCN(CC)CCCN=Cc1c(O)[nH]c(=O)c2ccccc12. The molecule has 0 unspecified atom stereocenters. The van der Waals surface area contributed by atoms with E-state index in [2.05, 4.69) is 28.7 Å². The van der Waals surface area contributed by atoms with Crippen LogP contribution < -0.4 is 5.56 Å². The summed E-state index contributed by atoms with van der Waals surface area (Å²) >= 11 is 0. The number of aromatic amines is 1. The number of aromatic hydroxyl groups is 1. The van der Waals surface area contributed by atoms with Crippen molar-refractivity contribution in [2.24, 2.45) is 4.99 Å². The summed E-state index contributed by atoms with van der Waals surface area (Å²) in [6.07, 6.45) is 2.62. The van der Waals surface area contributed by atoms with Crippen LogP contribution in [0.1, 0.15) is 25.8 Å². The highest BCUT2D eigenvalue weighted by Crippen LogP contribution is 2.20. The van der Waals surface area contributed by atoms with Gasteiger partial charge in [0.1, 0.15) is 0 Å². The second kappa shape index (κ2) is 7.75. The normalized spacial score (nSPS) is 11.8. The molecule has 0 spiro atoms. The van der Waals surface area contributed by atoms with Crippen LogP contribution in [0.25, 0.3) is 10.8 Å². The third-order valence-electron chi connectivity index (χ3n) is 3.83. The van der Waals surface area contributed by atoms with Crippen LogP contribution in [0, 0.1) is 0 Å². The van der Waals surface area contributed by atoms with Gasteiger partial charge in [-0.15, -0.1) is 0 Å². The van der Waals surface area contributed by atoms with Gasteiger partial charge in [0.2, 0.25) is 5.88 Å². The average molecular weight is 301 g/mol. The first-order valence-corrected chi connectivity index (χ1v) is 7.73. The Morgan fingerprint density at radius 1 is 1.23 bits per heavy atom. The van der Waals surface area contributed by atoms with Crippen LogP contribution in [0.15, 0.2) is 34.1 Å². The van der Waals surface area contributed by atoms with Gasteiger partial charge in [-0.2, -0.15) is 0 Å². The summed E-state index contributed by atoms with van der Waals surface area (Å²) in [5.74, 6) is -0.129. The van der Waals surface area contributed by atoms with E-state index < -0.39 is 0 Å². The van der Waals surface area contributed by atoms with Crippen molar-refractivity contribution in [2.45, 2.75) is 20.3 Å². The highest BCUT2D eigenvalue weighted by molar-refractivity contribution is 6.01. The van der Waals surface area contributed by atoms with E-state index in [9.17, 15) is 9.90 Å². The maximum absolute atomic E-state index is 11.8. The Kier molecular flexibility index (Phi) is 5.72. The first-order chi connectivity index (χ1) is 10.7. The van der Waals surface area contributed by atoms with Gasteiger partial charge in [0.05, 0.1) is 5.56 Å². The summed E-state index contributed by atoms with van der Waals surface area (Å²) in [5.41, 5.74) is 0.282. The number of rotatable bonds is 7. The monoisotopic (exact) mass is 301 g/mol. The Balaban J connectivity index is 2.11. The number of H-pyrrole nitrogens is 1. The molecule has 0 bridgehead atoms. The van der Waals surface area contributed by atoms with E-state index in [1.807, 2.05) is 12.1 Å². The van der Waals surface area contributed by atoms with E-state index in [-0.39, 0.29) is 11.4 Å². The highest BCUT2D eigenvalue weighted by Gasteiger charge is 2.08. The predicted molar refractivity (Wildman–Crippen MR) is 91.1 cm³/mol. The largest absolute Gasteiger partial charge is 0.494 e. The molecule has 0 fully saturated rings. The first-order valence-electron chi connectivity index (χ1n) is 7.73. The molecular formula is C17H23N3O2. The molecule has 0 aliphatic heterocycles. The molecule has 5 nitrogen and oxygen atoms in total. The number of pyridine rings is 1. The number of hydrogen-bond donors (Lipinski definition) is 2. The highest BCUT2D eigenvalue weighted by atomic mass is 16.3. The minimum Gasteiger partial charge on any atom is -0.494 e. The van der Waals surface area contributed by atoms with Crippen molar-refractivity contribution in [3.63, 3.8) is 0 Å². The number of nitrogens with one attached hydrogen (secondary N) is 1. The van der Waals surface area contributed by atoms with Gasteiger partial charge in [0, 0.05) is 23.5 Å². The number of benzene rings is 1. The molecule has 0 atom stereocenters. The van der Waals surface area contributed by atoms with E-state index in [4.69, 9.17) is 0 Å². The molecule has 0 aliphatic rings. The smallest absolute Gasteiger partial charge is 0.258 e. The molecule has 22 heavy (non-hydrogen) atoms. The fraction of sp³-hybridized carbons (Fsp3) is 0.412. The molecule has 1 aromatic heterocycles. The summed E-state index contributed by atoms with van der Waals surface area (Å²) in [4.78, 5) is 21.0. The Morgan fingerprint density at radius 2 is 1.91 bits per heavy atom. The molecule has 118 valence electrons. The van der Waals surface area contributed by atoms with E-state index in [0.29, 0.717) is 17.5 Å². The fourth-order valence-corrected chi connectivity index (χ4v) is 2.50. The van der Waals surface area contributed by atoms with E-state index >= 15 is 0 Å². The Hall–Kier alpha value is -2.14. The molecule has 0 saturated heterocycles. The summed E-state index contributed by atoms with van der Waals surface area (Å²) in [6.45, 7) is 8.11. The van der Waals surface area contributed by atoms with Crippen LogP contribution in [0.2, 0.25) is 0 Å². The van der Waals surface area contributed by atoms with Crippen molar-refractivity contribution in [3.8, 4) is 5.88 Å². The number of aromatic nitrogens is 1. The van der Waals surface area contributed by atoms with E-state index in [1.165, 1.54) is 0 Å². The van der Waals surface area contributed by atoms with Gasteiger partial charge in [0.25, 0.3) is 5.56 Å². The molecule has 1 heterocycles. The second-order valence-electron chi connectivity index (χ2n) is 5.18. The van der Waals surface area contributed by atoms with Gasteiger partial charge in [-0.05, 0) is 32.1 Å². The molecule has 5 heteroatoms. The lowest BCUT2D eigenvalue weighted by molar-refractivity contribution is 0.302. The third kappa shape index (κ3) is 3.74. The number of nitrogens with zero attached hydrogens (tertiary/aromatic N) is 2. The van der Waals surface area contributed by atoms with Gasteiger partial charge in [-0.3, -0.25) is 14.8 Å². The molecule has 1 aromatic carbocycles. The summed E-state index contributed by atoms with van der Waals surface area (Å²) in [6, 6.07) is 7.21. The van der Waals surface area contributed by atoms with Crippen LogP contribution in [0.4, 0.5) is 0 Å². The van der Waals surface area contributed by atoms with Crippen molar-refractivity contribution in [1.82, 2.24) is 9.88 Å². The fourth-order valence-electron chi connectivity index (χ4n) is 2.50. The van der Waals surface area contributed by atoms with Gasteiger partial charge in [-0.1, -0.05) is 32.0 Å². The molecular weight excluding hydrogens is 278 g/mol. The molecule has 0 amide bonds. The summed E-state index contributed by atoms with van der Waals surface area (Å²) < 4.78 is 0. The van der Waals surface area contributed by atoms with Crippen LogP contribution >= 0.6 is 0 Å². The zero-order valence-corrected chi connectivity index (χ0v) is 13.2. The van der Waals surface area contributed by atoms with E-state index in [1.54, 1.807) is 18.3 Å². The van der Waals surface area contributed by atoms with Gasteiger partial charge in [0.15, 0.2) is 0 Å². The molecule has 2 N–H and O–H groups in total. The lowest BCUT2D eigenvalue weighted by Crippen LogP contribution is -2.24. The van der Waals surface area contributed by atoms with Crippen molar-refractivity contribution in [1.29, 1.82) is 0 Å². The molecule has 0 aliphatic carbocycles. The molecule has 0 saturated carbocycles. The quantitative estimate of drug-likeness (QED) is 0.609. The van der Waals surface area contributed by atoms with Gasteiger partial charge >= 0.3 is 0 Å². The van der Waals surface area contributed by atoms with Gasteiger partial charge in [-0.25, -0.2) is 0 Å². The predicted octanol–water partition coefficient (Wildman–Crippen LogP) is 2.38. The molecule has 2 rings (SSSR count). The average Bonchev–Trinajstić information content (AvgIpc) is 2.53. The van der Waals surface area contributed by atoms with Crippen LogP contribution in [0.3, 0.4) is 0 Å². The lowest BCUT2D eigenvalue weighted by Gasteiger charge is -2.16. The Labute approximate surface area is 130 Å². The summed E-state index contributed by atoms with van der Waals surface area (Å²) in [5, 5.41) is 11.2. The van der Waals surface area contributed by atoms with Crippen molar-refractivity contribution in [2.75, 3.05) is 26.2 Å². The van der Waals surface area contributed by atoms with Crippen LogP contribution in [-0.4, -0.2) is 47.4 Å². The summed E-state index contributed by atoms with van der Waals surface area (Å²) in [7, 11) is 0. The zero-order chi connectivity index (χ0) is 15.9. The van der Waals surface area contributed by atoms with E-state index in [0.717, 1.165) is 31.4 Å². The maximum Gasteiger partial charge on any atom is 0.258 e. The van der Waals surface area contributed by atoms with Crippen molar-refractivity contribution in [3.05, 3.63) is 40.2 Å². The first kappa shape index (κ1) is 16.2. The number of aliphatic imine (C=N–C) groups is 1. The topological polar surface area (TPSA) is 68.7 Å². The number of hydrogen-bond acceptors (Lipinski definition) is 4. The second-order valence-corrected chi connectivity index (χ2v) is 5.18. The lowest BCUT2D eigenvalue weighted by atomic mass is 10.1. The number of fused-ring (bicyclic) bond motifs is 1. The van der Waals surface area contributed by atoms with Crippen LogP contribution in [-0.2, 0) is 0 Å². The van der Waals surface area contributed by atoms with Gasteiger partial charge < -0.3 is 10.0 Å². The third-order valence-corrected chi connectivity index (χ3v) is 3.83. The molecule has 0 radical (unpaired) electrons. The minimum atomic E-state index is -0.285. The molecule has 2 aromatic rings. The minimum absolute atomic E-state index is 0.129. The maximum atomic E-state index is 11.8. The van der Waals surface area contributed by atoms with Crippen molar-refractivity contribution < 1.29 is 5.11 Å². The van der Waals surface area contributed by atoms with Crippen molar-refractivity contribution >= 4 is 17.0 Å². The Morgan fingerprint density at radius 3 is 2.59 bits per heavy atom. The zero-order valence-electron chi connectivity index (χ0n) is 13.2.